The number of nitrogens with zero attached hydrogens (tertiary/aromatic N) is 6. The van der Waals surface area contributed by atoms with Crippen molar-refractivity contribution in [3.05, 3.63) is 60.1 Å². The minimum atomic E-state index is -3.10. The van der Waals surface area contributed by atoms with Gasteiger partial charge in [0.2, 0.25) is 11.9 Å². The van der Waals surface area contributed by atoms with Gasteiger partial charge >= 0.3 is 5.97 Å². The van der Waals surface area contributed by atoms with Crippen LogP contribution in [0.1, 0.15) is 64.5 Å². The molecule has 1 aliphatic rings. The summed E-state index contributed by atoms with van der Waals surface area (Å²) in [5, 5.41) is 5.47. The number of likely N-dealkylation sites (N-methyl/N-ethyl adjacent to an activating group) is 2. The Kier molecular flexibility index (Phi) is 6.34. The number of ether oxygens (including phenoxy) is 2. The lowest BCUT2D eigenvalue weighted by Gasteiger charge is -2.26. The summed E-state index contributed by atoms with van der Waals surface area (Å²) in [6, 6.07) is 5.89. The third kappa shape index (κ3) is 7.51. The molecule has 0 unspecified atom stereocenters. The quantitative estimate of drug-likeness (QED) is 0.207. The number of fused-ring (bicyclic) bond motifs is 1. The van der Waals surface area contributed by atoms with Crippen LogP contribution in [0.4, 0.5) is 34.5 Å². The lowest BCUT2D eigenvalue weighted by atomic mass is 9.91. The number of hydrogen-bond donors (Lipinski definition) is 2. The van der Waals surface area contributed by atoms with Gasteiger partial charge in [-0.05, 0) is 59.0 Å². The fraction of sp³-hybridized carbons (Fsp3) is 0.424. The summed E-state index contributed by atoms with van der Waals surface area (Å²) < 4.78 is 101. The Morgan fingerprint density at radius 1 is 1.20 bits per heavy atom. The molecule has 0 aliphatic carbocycles. The number of aryl methyl sites for hydroxylation is 1. The standard InChI is InChI=1S/C33H44N8O4/c1-11-28(42)36-23-16-24(27(44-10)17-26(23)40(9)15-14-39(7)8)37-32-34-18-22(31(43)45-20(2)3)30(38-32)41-19-33(5,6)29-25(41)13-12-21(4)35-29/h11-13,16-18,20H,1,14-15,19H2,2-10H3,(H,36,42)(H,34,37,38)/i7D3,8D3,9D3,19D2. The Morgan fingerprint density at radius 2 is 1.98 bits per heavy atom. The Bertz CT molecular complexity index is 1970. The van der Waals surface area contributed by atoms with Gasteiger partial charge in [-0.1, -0.05) is 20.4 Å². The number of pyridine rings is 1. The first kappa shape index (κ1) is 21.1. The second kappa shape index (κ2) is 13.5. The maximum Gasteiger partial charge on any atom is 0.343 e. The van der Waals surface area contributed by atoms with Gasteiger partial charge in [0, 0.05) is 62.3 Å². The van der Waals surface area contributed by atoms with E-state index in [1.807, 2.05) is 0 Å². The van der Waals surface area contributed by atoms with E-state index in [0.29, 0.717) is 17.1 Å². The molecule has 0 radical (unpaired) electrons. The van der Waals surface area contributed by atoms with Crippen LogP contribution in [-0.2, 0) is 14.9 Å². The maximum absolute atomic E-state index is 13.4. The highest BCUT2D eigenvalue weighted by Gasteiger charge is 2.39. The Labute approximate surface area is 280 Å². The van der Waals surface area contributed by atoms with Gasteiger partial charge < -0.3 is 34.8 Å². The molecule has 0 saturated heterocycles. The van der Waals surface area contributed by atoms with Crippen molar-refractivity contribution in [3.63, 3.8) is 0 Å². The summed E-state index contributed by atoms with van der Waals surface area (Å²) in [6.45, 7) is -0.891. The molecule has 4 rings (SSSR count). The normalized spacial score (nSPS) is 19.0. The van der Waals surface area contributed by atoms with E-state index in [0.717, 1.165) is 17.2 Å². The van der Waals surface area contributed by atoms with E-state index in [-0.39, 0.29) is 45.0 Å². The SMILES string of the molecule is [2H]C([2H])([2H])N(CCN(C([2H])([2H])[2H])C([2H])([2H])[2H])c1cc(OC)c(Nc2ncc(C(=O)OC(C)C)c(N3c4ccc(C)nc4C(C)(C)C3([2H])[2H])n2)cc1NC(=O)C=C. The average Bonchev–Trinajstić information content (AvgIpc) is 3.20. The highest BCUT2D eigenvalue weighted by atomic mass is 16.5. The summed E-state index contributed by atoms with van der Waals surface area (Å²) in [4.78, 5) is 41.8. The minimum Gasteiger partial charge on any atom is -0.494 e. The zero-order chi connectivity index (χ0) is 42.3. The lowest BCUT2D eigenvalue weighted by molar-refractivity contribution is -0.111. The van der Waals surface area contributed by atoms with Crippen molar-refractivity contribution in [2.45, 2.75) is 46.1 Å². The molecule has 2 aromatic heterocycles. The molecule has 0 fully saturated rings. The van der Waals surface area contributed by atoms with Gasteiger partial charge in [0.1, 0.15) is 11.3 Å². The monoisotopic (exact) mass is 627 g/mol. The summed E-state index contributed by atoms with van der Waals surface area (Å²) in [6.07, 6.45) is 1.55. The summed E-state index contributed by atoms with van der Waals surface area (Å²) in [5.74, 6) is -1.96. The molecular weight excluding hydrogens is 572 g/mol. The first-order chi connectivity index (χ1) is 25.6. The molecule has 0 saturated carbocycles. The number of hydrogen-bond acceptors (Lipinski definition) is 11. The van der Waals surface area contributed by atoms with Gasteiger partial charge in [0.15, 0.2) is 5.82 Å². The molecule has 12 heteroatoms. The molecule has 45 heavy (non-hydrogen) atoms. The fourth-order valence-corrected chi connectivity index (χ4v) is 4.56. The number of carbonyl (C=O) groups excluding carboxylic acids is 2. The molecule has 240 valence electrons. The number of rotatable bonds is 12. The van der Waals surface area contributed by atoms with Crippen molar-refractivity contribution in [2.75, 3.05) is 68.1 Å². The van der Waals surface area contributed by atoms with Crippen molar-refractivity contribution in [1.82, 2.24) is 19.9 Å². The molecular formula is C33H44N8O4. The number of methoxy groups -OCH3 is 1. The van der Waals surface area contributed by atoms with Crippen LogP contribution in [0.15, 0.2) is 43.1 Å². The maximum atomic E-state index is 13.4. The topological polar surface area (TPSA) is 125 Å². The van der Waals surface area contributed by atoms with E-state index in [1.165, 1.54) is 24.1 Å². The van der Waals surface area contributed by atoms with Crippen LogP contribution in [-0.4, -0.2) is 85.5 Å². The van der Waals surface area contributed by atoms with Crippen LogP contribution in [0.5, 0.6) is 5.75 Å². The Balaban J connectivity index is 1.90. The van der Waals surface area contributed by atoms with E-state index >= 15 is 0 Å². The van der Waals surface area contributed by atoms with Crippen molar-refractivity contribution in [3.8, 4) is 5.75 Å². The third-order valence-electron chi connectivity index (χ3n) is 6.63. The van der Waals surface area contributed by atoms with Gasteiger partial charge in [-0.25, -0.2) is 9.78 Å². The zero-order valence-corrected chi connectivity index (χ0v) is 26.0. The summed E-state index contributed by atoms with van der Waals surface area (Å²) >= 11 is 0. The number of amides is 1. The van der Waals surface area contributed by atoms with Crippen molar-refractivity contribution >= 4 is 46.4 Å². The van der Waals surface area contributed by atoms with E-state index in [4.69, 9.17) is 21.8 Å². The number of esters is 1. The van der Waals surface area contributed by atoms with Gasteiger partial charge in [0.05, 0.1) is 44.4 Å². The van der Waals surface area contributed by atoms with E-state index < -0.39 is 63.9 Å². The largest absolute Gasteiger partial charge is 0.494 e. The number of aromatic nitrogens is 3. The van der Waals surface area contributed by atoms with Crippen molar-refractivity contribution < 1.29 is 34.1 Å². The molecule has 3 aromatic rings. The Morgan fingerprint density at radius 3 is 2.64 bits per heavy atom. The van der Waals surface area contributed by atoms with E-state index in [9.17, 15) is 12.3 Å². The van der Waals surface area contributed by atoms with Crippen molar-refractivity contribution in [2.24, 2.45) is 0 Å². The first-order valence-corrected chi connectivity index (χ1v) is 14.0. The third-order valence-corrected chi connectivity index (χ3v) is 6.63. The molecule has 3 heterocycles. The fourth-order valence-electron chi connectivity index (χ4n) is 4.56. The van der Waals surface area contributed by atoms with Gasteiger partial charge in [-0.3, -0.25) is 9.78 Å². The predicted octanol–water partition coefficient (Wildman–Crippen LogP) is 5.05. The van der Waals surface area contributed by atoms with Gasteiger partial charge in [0.25, 0.3) is 0 Å². The second-order valence-electron chi connectivity index (χ2n) is 11.0. The van der Waals surface area contributed by atoms with Crippen LogP contribution in [0.2, 0.25) is 0 Å². The minimum absolute atomic E-state index is 0.0366. The van der Waals surface area contributed by atoms with E-state index in [1.54, 1.807) is 46.8 Å². The molecule has 1 aromatic carbocycles. The summed E-state index contributed by atoms with van der Waals surface area (Å²) in [5.41, 5.74) is -0.203. The highest BCUT2D eigenvalue weighted by molar-refractivity contribution is 6.02. The second-order valence-corrected chi connectivity index (χ2v) is 11.0. The van der Waals surface area contributed by atoms with Crippen LogP contribution in [0.3, 0.4) is 0 Å². The molecule has 0 spiro atoms. The smallest absolute Gasteiger partial charge is 0.343 e. The van der Waals surface area contributed by atoms with Crippen LogP contribution < -0.4 is 25.2 Å². The van der Waals surface area contributed by atoms with E-state index in [2.05, 4.69) is 32.2 Å². The highest BCUT2D eigenvalue weighted by Crippen LogP contribution is 2.44. The van der Waals surface area contributed by atoms with Crippen LogP contribution in [0, 0.1) is 6.92 Å². The van der Waals surface area contributed by atoms with Crippen LogP contribution >= 0.6 is 0 Å². The molecule has 2 N–H and O–H groups in total. The number of carbonyl (C=O) groups is 2. The first-order valence-electron chi connectivity index (χ1n) is 19.5. The predicted molar refractivity (Wildman–Crippen MR) is 179 cm³/mol. The molecule has 0 atom stereocenters. The number of anilines is 6. The van der Waals surface area contributed by atoms with Crippen LogP contribution in [0.25, 0.3) is 0 Å². The molecule has 1 amide bonds. The Hall–Kier alpha value is -4.71. The summed E-state index contributed by atoms with van der Waals surface area (Å²) in [7, 11) is 1.26. The number of nitrogens with one attached hydrogen (secondary N) is 2. The molecule has 0 bridgehead atoms. The zero-order valence-electron chi connectivity index (χ0n) is 37.0. The molecule has 1 aliphatic heterocycles. The molecule has 12 nitrogen and oxygen atoms in total. The lowest BCUT2D eigenvalue weighted by Crippen LogP contribution is -2.29. The van der Waals surface area contributed by atoms with Gasteiger partial charge in [-0.2, -0.15) is 4.98 Å². The number of benzene rings is 1. The average molecular weight is 628 g/mol. The van der Waals surface area contributed by atoms with Crippen molar-refractivity contribution in [1.29, 1.82) is 0 Å². The van der Waals surface area contributed by atoms with Gasteiger partial charge in [-0.15, -0.1) is 0 Å².